The lowest BCUT2D eigenvalue weighted by Crippen LogP contribution is -2.09. The number of thioether (sulfide) groups is 1. The zero-order valence-electron chi connectivity index (χ0n) is 8.54. The highest BCUT2D eigenvalue weighted by atomic mass is 32.2. The van der Waals surface area contributed by atoms with Crippen LogP contribution < -0.4 is 5.73 Å². The molecule has 0 saturated heterocycles. The molecule has 0 unspecified atom stereocenters. The van der Waals surface area contributed by atoms with Crippen molar-refractivity contribution in [3.63, 3.8) is 0 Å². The number of rotatable bonds is 4. The average molecular weight is 209 g/mol. The molecule has 2 N–H and O–H groups in total. The molecule has 0 aliphatic carbocycles. The second-order valence-corrected chi connectivity index (χ2v) is 4.02. The zero-order chi connectivity index (χ0) is 10.6. The van der Waals surface area contributed by atoms with Crippen molar-refractivity contribution in [3.05, 3.63) is 29.3 Å². The van der Waals surface area contributed by atoms with Crippen LogP contribution in [0, 0.1) is 6.92 Å². The highest BCUT2D eigenvalue weighted by molar-refractivity contribution is 7.98. The zero-order valence-corrected chi connectivity index (χ0v) is 9.36. The van der Waals surface area contributed by atoms with Crippen molar-refractivity contribution < 1.29 is 4.79 Å². The Morgan fingerprint density at radius 1 is 1.50 bits per heavy atom. The van der Waals surface area contributed by atoms with E-state index >= 15 is 0 Å². The minimum absolute atomic E-state index is 0.137. The molecule has 1 aromatic carbocycles. The van der Waals surface area contributed by atoms with Gasteiger partial charge in [-0.2, -0.15) is 0 Å². The Morgan fingerprint density at radius 2 is 2.21 bits per heavy atom. The maximum Gasteiger partial charge on any atom is 0.164 e. The normalized spacial score (nSPS) is 10.2. The summed E-state index contributed by atoms with van der Waals surface area (Å²) < 4.78 is 0. The Morgan fingerprint density at radius 3 is 2.71 bits per heavy atom. The molecule has 0 spiro atoms. The van der Waals surface area contributed by atoms with Crippen LogP contribution in [0.3, 0.4) is 0 Å². The Kier molecular flexibility index (Phi) is 4.17. The molecule has 2 nitrogen and oxygen atoms in total. The quantitative estimate of drug-likeness (QED) is 0.611. The molecule has 1 aromatic rings. The molecule has 0 saturated carbocycles. The number of aryl methyl sites for hydroxylation is 1. The van der Waals surface area contributed by atoms with Gasteiger partial charge in [-0.3, -0.25) is 4.79 Å². The van der Waals surface area contributed by atoms with Crippen LogP contribution in [0.4, 0.5) is 0 Å². The molecule has 0 amide bonds. The second kappa shape index (κ2) is 5.17. The number of hydrogen-bond acceptors (Lipinski definition) is 3. The summed E-state index contributed by atoms with van der Waals surface area (Å²) >= 11 is 1.68. The highest BCUT2D eigenvalue weighted by Gasteiger charge is 2.07. The summed E-state index contributed by atoms with van der Waals surface area (Å²) in [4.78, 5) is 12.8. The molecule has 0 aliphatic rings. The SMILES string of the molecule is CSc1ccc(C(=O)CCN)c(C)c1. The van der Waals surface area contributed by atoms with E-state index in [0.717, 1.165) is 11.1 Å². The van der Waals surface area contributed by atoms with Crippen molar-refractivity contribution >= 4 is 17.5 Å². The summed E-state index contributed by atoms with van der Waals surface area (Å²) in [6.45, 7) is 2.38. The maximum absolute atomic E-state index is 11.6. The minimum Gasteiger partial charge on any atom is -0.330 e. The van der Waals surface area contributed by atoms with E-state index in [1.807, 2.05) is 31.4 Å². The van der Waals surface area contributed by atoms with Crippen LogP contribution in [0.25, 0.3) is 0 Å². The van der Waals surface area contributed by atoms with E-state index in [0.29, 0.717) is 13.0 Å². The molecule has 14 heavy (non-hydrogen) atoms. The Bertz CT molecular complexity index is 336. The first-order valence-corrected chi connectivity index (χ1v) is 5.79. The predicted octanol–water partition coefficient (Wildman–Crippen LogP) is 2.25. The fourth-order valence-electron chi connectivity index (χ4n) is 1.34. The lowest BCUT2D eigenvalue weighted by atomic mass is 10.0. The van der Waals surface area contributed by atoms with E-state index in [4.69, 9.17) is 5.73 Å². The largest absolute Gasteiger partial charge is 0.330 e. The van der Waals surface area contributed by atoms with Crippen LogP contribution in [-0.2, 0) is 0 Å². The fraction of sp³-hybridized carbons (Fsp3) is 0.364. The third-order valence-electron chi connectivity index (χ3n) is 2.11. The molecule has 0 heterocycles. The van der Waals surface area contributed by atoms with Crippen molar-refractivity contribution in [2.75, 3.05) is 12.8 Å². The van der Waals surface area contributed by atoms with Gasteiger partial charge in [0.05, 0.1) is 0 Å². The van der Waals surface area contributed by atoms with Crippen molar-refractivity contribution in [3.8, 4) is 0 Å². The van der Waals surface area contributed by atoms with Crippen LogP contribution in [0.2, 0.25) is 0 Å². The van der Waals surface area contributed by atoms with Crippen LogP contribution in [-0.4, -0.2) is 18.6 Å². The highest BCUT2D eigenvalue weighted by Crippen LogP contribution is 2.19. The van der Waals surface area contributed by atoms with Crippen LogP contribution in [0.15, 0.2) is 23.1 Å². The van der Waals surface area contributed by atoms with Gasteiger partial charge in [-0.1, -0.05) is 6.07 Å². The van der Waals surface area contributed by atoms with E-state index in [2.05, 4.69) is 0 Å². The van der Waals surface area contributed by atoms with Crippen LogP contribution in [0.1, 0.15) is 22.3 Å². The third-order valence-corrected chi connectivity index (χ3v) is 2.83. The number of benzene rings is 1. The van der Waals surface area contributed by atoms with Gasteiger partial charge in [-0.25, -0.2) is 0 Å². The van der Waals surface area contributed by atoms with Gasteiger partial charge in [-0.15, -0.1) is 11.8 Å². The second-order valence-electron chi connectivity index (χ2n) is 3.14. The number of ketones is 1. The Hall–Kier alpha value is -0.800. The summed E-state index contributed by atoms with van der Waals surface area (Å²) in [5.74, 6) is 0.137. The number of carbonyl (C=O) groups excluding carboxylic acids is 1. The summed E-state index contributed by atoms with van der Waals surface area (Å²) in [7, 11) is 0. The first-order chi connectivity index (χ1) is 6.69. The summed E-state index contributed by atoms with van der Waals surface area (Å²) in [6, 6.07) is 5.90. The molecule has 76 valence electrons. The smallest absolute Gasteiger partial charge is 0.164 e. The van der Waals surface area contributed by atoms with E-state index in [1.54, 1.807) is 11.8 Å². The number of Topliss-reactive ketones (excluding diaryl/α,β-unsaturated/α-hetero) is 1. The number of carbonyl (C=O) groups is 1. The van der Waals surface area contributed by atoms with Crippen LogP contribution in [0.5, 0.6) is 0 Å². The van der Waals surface area contributed by atoms with E-state index < -0.39 is 0 Å². The number of nitrogens with two attached hydrogens (primary N) is 1. The first-order valence-electron chi connectivity index (χ1n) is 4.57. The van der Waals surface area contributed by atoms with E-state index in [9.17, 15) is 4.79 Å². The molecule has 0 aliphatic heterocycles. The van der Waals surface area contributed by atoms with E-state index in [-0.39, 0.29) is 5.78 Å². The molecule has 3 heteroatoms. The van der Waals surface area contributed by atoms with Gasteiger partial charge in [0.2, 0.25) is 0 Å². The first kappa shape index (κ1) is 11.3. The maximum atomic E-state index is 11.6. The standard InChI is InChI=1S/C11H15NOS/c1-8-7-9(14-2)3-4-10(8)11(13)5-6-12/h3-4,7H,5-6,12H2,1-2H3. The third kappa shape index (κ3) is 2.59. The molecule has 0 fully saturated rings. The average Bonchev–Trinajstić information content (AvgIpc) is 2.17. The van der Waals surface area contributed by atoms with Gasteiger partial charge in [0.25, 0.3) is 0 Å². The van der Waals surface area contributed by atoms with Gasteiger partial charge in [0.15, 0.2) is 5.78 Å². The Balaban J connectivity index is 2.94. The molecule has 0 atom stereocenters. The van der Waals surface area contributed by atoms with Crippen molar-refractivity contribution in [1.29, 1.82) is 0 Å². The molecule has 1 rings (SSSR count). The van der Waals surface area contributed by atoms with Gasteiger partial charge < -0.3 is 5.73 Å². The molecular weight excluding hydrogens is 194 g/mol. The summed E-state index contributed by atoms with van der Waals surface area (Å²) in [6.07, 6.45) is 2.45. The van der Waals surface area contributed by atoms with Gasteiger partial charge in [0, 0.05) is 16.9 Å². The van der Waals surface area contributed by atoms with Crippen molar-refractivity contribution in [1.82, 2.24) is 0 Å². The summed E-state index contributed by atoms with van der Waals surface area (Å²) in [5.41, 5.74) is 7.18. The van der Waals surface area contributed by atoms with Gasteiger partial charge in [-0.05, 0) is 37.4 Å². The number of hydrogen-bond donors (Lipinski definition) is 1. The van der Waals surface area contributed by atoms with Crippen molar-refractivity contribution in [2.45, 2.75) is 18.2 Å². The monoisotopic (exact) mass is 209 g/mol. The Labute approximate surface area is 88.9 Å². The molecule has 0 aromatic heterocycles. The summed E-state index contributed by atoms with van der Waals surface area (Å²) in [5, 5.41) is 0. The van der Waals surface area contributed by atoms with Gasteiger partial charge >= 0.3 is 0 Å². The predicted molar refractivity (Wildman–Crippen MR) is 61.0 cm³/mol. The molecule has 0 bridgehead atoms. The lowest BCUT2D eigenvalue weighted by molar-refractivity contribution is 0.0985. The topological polar surface area (TPSA) is 43.1 Å². The van der Waals surface area contributed by atoms with E-state index in [1.165, 1.54) is 4.90 Å². The van der Waals surface area contributed by atoms with Crippen LogP contribution >= 0.6 is 11.8 Å². The van der Waals surface area contributed by atoms with Gasteiger partial charge in [0.1, 0.15) is 0 Å². The molecular formula is C11H15NOS. The molecule has 0 radical (unpaired) electrons. The van der Waals surface area contributed by atoms with Crippen molar-refractivity contribution in [2.24, 2.45) is 5.73 Å². The lowest BCUT2D eigenvalue weighted by Gasteiger charge is -2.05. The fourth-order valence-corrected chi connectivity index (χ4v) is 1.84. The minimum atomic E-state index is 0.137.